The molecule has 0 saturated carbocycles. The van der Waals surface area contributed by atoms with Gasteiger partial charge in [-0.05, 0) is 30.5 Å². The predicted molar refractivity (Wildman–Crippen MR) is 79.2 cm³/mol. The molecular formula is C12H18N8. The normalized spacial score (nSPS) is 14.0. The number of nitrogens with zero attached hydrogens (tertiary/aromatic N) is 8. The Morgan fingerprint density at radius 2 is 1.85 bits per heavy atom. The van der Waals surface area contributed by atoms with Crippen molar-refractivity contribution in [2.45, 2.75) is 20.3 Å². The molecule has 0 N–H and O–H groups in total. The number of hydrogen-bond acceptors (Lipinski definition) is 4. The summed E-state index contributed by atoms with van der Waals surface area (Å²) < 4.78 is 0. The Morgan fingerprint density at radius 1 is 1.20 bits per heavy atom. The van der Waals surface area contributed by atoms with Crippen LogP contribution in [0.1, 0.15) is 20.3 Å². The van der Waals surface area contributed by atoms with E-state index in [-0.39, 0.29) is 6.54 Å². The van der Waals surface area contributed by atoms with E-state index in [1.54, 1.807) is 6.20 Å². The van der Waals surface area contributed by atoms with Crippen molar-refractivity contribution in [2.24, 2.45) is 15.2 Å². The Bertz CT molecular complexity index is 514. The second-order valence-electron chi connectivity index (χ2n) is 4.18. The number of rotatable bonds is 6. The van der Waals surface area contributed by atoms with Crippen LogP contribution in [0.15, 0.2) is 38.6 Å². The van der Waals surface area contributed by atoms with Crippen molar-refractivity contribution in [3.05, 3.63) is 44.3 Å². The van der Waals surface area contributed by atoms with Gasteiger partial charge in [-0.3, -0.25) is 0 Å². The number of hydrogen-bond donors (Lipinski definition) is 0. The summed E-state index contributed by atoms with van der Waals surface area (Å²) in [4.78, 5) is 12.2. The molecule has 8 nitrogen and oxygen atoms in total. The standard InChI is InChI=1S/C12H18N8/c1-3-20(4-2)12-6-10(8-16-18-13)5-11(7-15-12)9-17-19-14/h5,7H,3-4,6,8-9H2,1-2H3. The fourth-order valence-corrected chi connectivity index (χ4v) is 1.96. The first-order valence-corrected chi connectivity index (χ1v) is 6.46. The van der Waals surface area contributed by atoms with E-state index in [9.17, 15) is 0 Å². The van der Waals surface area contributed by atoms with E-state index in [2.05, 4.69) is 43.8 Å². The van der Waals surface area contributed by atoms with Crippen LogP contribution >= 0.6 is 0 Å². The molecule has 0 amide bonds. The van der Waals surface area contributed by atoms with Gasteiger partial charge in [0.1, 0.15) is 5.84 Å². The Hall–Kier alpha value is -2.43. The van der Waals surface area contributed by atoms with Gasteiger partial charge < -0.3 is 4.90 Å². The van der Waals surface area contributed by atoms with Crippen LogP contribution in [0.5, 0.6) is 0 Å². The highest BCUT2D eigenvalue weighted by Gasteiger charge is 2.12. The van der Waals surface area contributed by atoms with E-state index < -0.39 is 0 Å². The smallest absolute Gasteiger partial charge is 0.108 e. The van der Waals surface area contributed by atoms with Crippen molar-refractivity contribution in [3.63, 3.8) is 0 Å². The van der Waals surface area contributed by atoms with Crippen LogP contribution in [0.25, 0.3) is 20.9 Å². The van der Waals surface area contributed by atoms with Crippen molar-refractivity contribution < 1.29 is 0 Å². The van der Waals surface area contributed by atoms with Crippen LogP contribution in [0.4, 0.5) is 0 Å². The highest BCUT2D eigenvalue weighted by Crippen LogP contribution is 2.16. The molecular weight excluding hydrogens is 256 g/mol. The molecule has 1 aliphatic heterocycles. The van der Waals surface area contributed by atoms with Gasteiger partial charge >= 0.3 is 0 Å². The summed E-state index contributed by atoms with van der Waals surface area (Å²) in [6.07, 6.45) is 4.24. The molecule has 0 radical (unpaired) electrons. The molecule has 0 saturated heterocycles. The average Bonchev–Trinajstić information content (AvgIpc) is 2.67. The minimum atomic E-state index is 0.241. The van der Waals surface area contributed by atoms with Crippen molar-refractivity contribution in [3.8, 4) is 0 Å². The van der Waals surface area contributed by atoms with E-state index in [4.69, 9.17) is 11.1 Å². The second-order valence-corrected chi connectivity index (χ2v) is 4.18. The quantitative estimate of drug-likeness (QED) is 0.411. The third-order valence-corrected chi connectivity index (χ3v) is 2.94. The Balaban J connectivity index is 3.03. The molecule has 1 heterocycles. The zero-order valence-corrected chi connectivity index (χ0v) is 11.8. The molecule has 0 aromatic rings. The van der Waals surface area contributed by atoms with Gasteiger partial charge in [-0.2, -0.15) is 0 Å². The zero-order valence-electron chi connectivity index (χ0n) is 11.8. The molecule has 0 aromatic heterocycles. The lowest BCUT2D eigenvalue weighted by molar-refractivity contribution is 0.458. The number of aliphatic imine (C=N–C) groups is 1. The maximum absolute atomic E-state index is 8.45. The topological polar surface area (TPSA) is 113 Å². The van der Waals surface area contributed by atoms with Crippen LogP contribution in [-0.4, -0.2) is 36.9 Å². The number of amidine groups is 1. The molecule has 8 heteroatoms. The van der Waals surface area contributed by atoms with Gasteiger partial charge in [0.25, 0.3) is 0 Å². The summed E-state index contributed by atoms with van der Waals surface area (Å²) in [6.45, 7) is 6.40. The molecule has 0 aliphatic carbocycles. The number of azide groups is 2. The molecule has 0 unspecified atom stereocenters. The molecule has 1 rings (SSSR count). The lowest BCUT2D eigenvalue weighted by atomic mass is 10.1. The average molecular weight is 274 g/mol. The van der Waals surface area contributed by atoms with E-state index in [1.807, 2.05) is 6.08 Å². The van der Waals surface area contributed by atoms with Gasteiger partial charge in [-0.1, -0.05) is 21.9 Å². The summed E-state index contributed by atoms with van der Waals surface area (Å²) in [7, 11) is 0. The molecule has 1 aliphatic rings. The Labute approximate surface area is 117 Å². The van der Waals surface area contributed by atoms with E-state index >= 15 is 0 Å². The van der Waals surface area contributed by atoms with Crippen LogP contribution in [0.2, 0.25) is 0 Å². The first kappa shape index (κ1) is 15.6. The van der Waals surface area contributed by atoms with E-state index in [0.717, 1.165) is 30.1 Å². The minimum absolute atomic E-state index is 0.241. The summed E-state index contributed by atoms with van der Waals surface area (Å²) in [6, 6.07) is 0. The largest absolute Gasteiger partial charge is 0.360 e. The van der Waals surface area contributed by atoms with Crippen LogP contribution in [-0.2, 0) is 0 Å². The first-order valence-electron chi connectivity index (χ1n) is 6.46. The molecule has 0 aromatic carbocycles. The first-order chi connectivity index (χ1) is 9.74. The van der Waals surface area contributed by atoms with Gasteiger partial charge in [-0.15, -0.1) is 0 Å². The maximum Gasteiger partial charge on any atom is 0.108 e. The Kier molecular flexibility index (Phi) is 6.75. The lowest BCUT2D eigenvalue weighted by Gasteiger charge is -2.22. The van der Waals surface area contributed by atoms with Crippen molar-refractivity contribution in [1.29, 1.82) is 0 Å². The molecule has 0 spiro atoms. The minimum Gasteiger partial charge on any atom is -0.360 e. The van der Waals surface area contributed by atoms with Crippen molar-refractivity contribution in [1.82, 2.24) is 4.90 Å². The molecule has 0 atom stereocenters. The summed E-state index contributed by atoms with van der Waals surface area (Å²) in [5.74, 6) is 0.935. The Morgan fingerprint density at radius 3 is 2.45 bits per heavy atom. The molecule has 0 bridgehead atoms. The van der Waals surface area contributed by atoms with E-state index in [0.29, 0.717) is 13.0 Å². The molecule has 106 valence electrons. The van der Waals surface area contributed by atoms with Crippen molar-refractivity contribution >= 4 is 5.84 Å². The highest BCUT2D eigenvalue weighted by atomic mass is 15.2. The summed E-state index contributed by atoms with van der Waals surface area (Å²) >= 11 is 0. The van der Waals surface area contributed by atoms with Gasteiger partial charge in [0.15, 0.2) is 0 Å². The van der Waals surface area contributed by atoms with Crippen LogP contribution in [0, 0.1) is 0 Å². The van der Waals surface area contributed by atoms with Gasteiger partial charge in [0.2, 0.25) is 0 Å². The zero-order chi connectivity index (χ0) is 14.8. The van der Waals surface area contributed by atoms with Gasteiger partial charge in [0.05, 0.1) is 6.54 Å². The van der Waals surface area contributed by atoms with E-state index in [1.165, 1.54) is 0 Å². The van der Waals surface area contributed by atoms with Gasteiger partial charge in [-0.25, -0.2) is 4.99 Å². The summed E-state index contributed by atoms with van der Waals surface area (Å²) in [5.41, 5.74) is 18.6. The predicted octanol–water partition coefficient (Wildman–Crippen LogP) is 3.56. The lowest BCUT2D eigenvalue weighted by Crippen LogP contribution is -2.30. The summed E-state index contributed by atoms with van der Waals surface area (Å²) in [5, 5.41) is 7.15. The molecule has 20 heavy (non-hydrogen) atoms. The molecule has 0 fully saturated rings. The van der Waals surface area contributed by atoms with Crippen LogP contribution < -0.4 is 0 Å². The van der Waals surface area contributed by atoms with Gasteiger partial charge in [0, 0.05) is 42.1 Å². The third kappa shape index (κ3) is 4.68. The maximum atomic E-state index is 8.45. The fourth-order valence-electron chi connectivity index (χ4n) is 1.96. The third-order valence-electron chi connectivity index (χ3n) is 2.94. The highest BCUT2D eigenvalue weighted by molar-refractivity contribution is 5.85. The van der Waals surface area contributed by atoms with Crippen LogP contribution in [0.3, 0.4) is 0 Å². The van der Waals surface area contributed by atoms with Crippen molar-refractivity contribution in [2.75, 3.05) is 26.2 Å². The second kappa shape index (κ2) is 8.63. The monoisotopic (exact) mass is 274 g/mol. The SMILES string of the molecule is CCN(CC)C1=NC=C(CN=[N+]=[N-])C=C(CN=[N+]=[N-])C1. The fraction of sp³-hybridized carbons (Fsp3) is 0.583.